The van der Waals surface area contributed by atoms with Gasteiger partial charge in [0.1, 0.15) is 0 Å². The summed E-state index contributed by atoms with van der Waals surface area (Å²) in [4.78, 5) is 17.1. The summed E-state index contributed by atoms with van der Waals surface area (Å²) in [5, 5.41) is 12.4. The van der Waals surface area contributed by atoms with Crippen molar-refractivity contribution in [1.82, 2.24) is 25.1 Å². The van der Waals surface area contributed by atoms with E-state index in [2.05, 4.69) is 46.4 Å². The molecule has 8 heteroatoms. The van der Waals surface area contributed by atoms with Crippen LogP contribution >= 0.6 is 11.8 Å². The van der Waals surface area contributed by atoms with Gasteiger partial charge in [0, 0.05) is 38.4 Å². The third-order valence-electron chi connectivity index (χ3n) is 4.38. The number of carbonyl (C=O) groups is 1. The number of aromatic nitrogens is 4. The van der Waals surface area contributed by atoms with Gasteiger partial charge in [0.25, 0.3) is 0 Å². The average molecular weight is 375 g/mol. The number of benzene rings is 1. The van der Waals surface area contributed by atoms with Gasteiger partial charge in [0.15, 0.2) is 0 Å². The summed E-state index contributed by atoms with van der Waals surface area (Å²) in [6.45, 7) is 10.1. The Balaban J connectivity index is 1.54. The zero-order valence-corrected chi connectivity index (χ0v) is 16.4. The molecule has 7 nitrogen and oxygen atoms in total. The fraction of sp³-hybridized carbons (Fsp3) is 0.556. The molecule has 140 valence electrons. The molecule has 1 aromatic heterocycles. The van der Waals surface area contributed by atoms with Crippen LogP contribution in [0.3, 0.4) is 0 Å². The summed E-state index contributed by atoms with van der Waals surface area (Å²) in [7, 11) is 0. The molecule has 1 atom stereocenters. The Bertz CT molecular complexity index is 711. The van der Waals surface area contributed by atoms with Gasteiger partial charge in [-0.3, -0.25) is 4.79 Å². The highest BCUT2D eigenvalue weighted by atomic mass is 32.2. The van der Waals surface area contributed by atoms with E-state index < -0.39 is 0 Å². The first-order chi connectivity index (χ1) is 12.5. The number of rotatable bonds is 6. The van der Waals surface area contributed by atoms with Crippen molar-refractivity contribution in [3.05, 3.63) is 30.3 Å². The minimum atomic E-state index is -0.199. The van der Waals surface area contributed by atoms with E-state index in [-0.39, 0.29) is 11.2 Å². The number of carbonyl (C=O) groups excluding carboxylic acids is 1. The van der Waals surface area contributed by atoms with Crippen LogP contribution in [-0.4, -0.2) is 62.4 Å². The second kappa shape index (κ2) is 8.53. The maximum Gasteiger partial charge on any atom is 0.236 e. The molecule has 0 aliphatic carbocycles. The highest BCUT2D eigenvalue weighted by Gasteiger charge is 2.27. The number of tetrazole rings is 1. The van der Waals surface area contributed by atoms with Crippen molar-refractivity contribution in [3.8, 4) is 0 Å². The smallest absolute Gasteiger partial charge is 0.236 e. The Morgan fingerprint density at radius 2 is 1.81 bits per heavy atom. The largest absolute Gasteiger partial charge is 0.368 e. The summed E-state index contributed by atoms with van der Waals surface area (Å²) >= 11 is 1.44. The van der Waals surface area contributed by atoms with Gasteiger partial charge in [-0.05, 0) is 35.4 Å². The highest BCUT2D eigenvalue weighted by Crippen LogP contribution is 2.23. The summed E-state index contributed by atoms with van der Waals surface area (Å²) in [6.07, 6.45) is 0. The van der Waals surface area contributed by atoms with Crippen molar-refractivity contribution >= 4 is 23.4 Å². The van der Waals surface area contributed by atoms with E-state index in [1.54, 1.807) is 4.68 Å². The Morgan fingerprint density at radius 1 is 1.12 bits per heavy atom. The lowest BCUT2D eigenvalue weighted by atomic mass is 10.2. The molecule has 1 amide bonds. The van der Waals surface area contributed by atoms with E-state index in [1.807, 2.05) is 30.0 Å². The predicted octanol–water partition coefficient (Wildman–Crippen LogP) is 2.16. The number of nitrogens with zero attached hydrogens (tertiary/aromatic N) is 6. The third-order valence-corrected chi connectivity index (χ3v) is 5.44. The van der Waals surface area contributed by atoms with Crippen LogP contribution in [0.5, 0.6) is 0 Å². The normalized spacial score (nSPS) is 16.2. The minimum Gasteiger partial charge on any atom is -0.368 e. The van der Waals surface area contributed by atoms with E-state index in [0.717, 1.165) is 32.7 Å². The summed E-state index contributed by atoms with van der Waals surface area (Å²) < 4.78 is 1.78. The number of amides is 1. The second-order valence-electron chi connectivity index (χ2n) is 6.95. The van der Waals surface area contributed by atoms with Crippen LogP contribution < -0.4 is 4.90 Å². The zero-order valence-electron chi connectivity index (χ0n) is 15.6. The molecule has 1 saturated heterocycles. The van der Waals surface area contributed by atoms with Crippen LogP contribution in [-0.2, 0) is 11.3 Å². The third kappa shape index (κ3) is 4.55. The van der Waals surface area contributed by atoms with Crippen LogP contribution in [0.1, 0.15) is 20.8 Å². The quantitative estimate of drug-likeness (QED) is 0.722. The lowest BCUT2D eigenvalue weighted by Gasteiger charge is -2.37. The molecule has 2 aromatic rings. The van der Waals surface area contributed by atoms with Gasteiger partial charge in [0.2, 0.25) is 11.1 Å². The van der Waals surface area contributed by atoms with Crippen molar-refractivity contribution in [2.24, 2.45) is 5.92 Å². The fourth-order valence-corrected chi connectivity index (χ4v) is 3.91. The first-order valence-electron chi connectivity index (χ1n) is 9.06. The van der Waals surface area contributed by atoms with E-state index in [9.17, 15) is 4.79 Å². The van der Waals surface area contributed by atoms with Crippen LogP contribution in [0.15, 0.2) is 35.5 Å². The number of piperazine rings is 1. The van der Waals surface area contributed by atoms with Crippen molar-refractivity contribution in [1.29, 1.82) is 0 Å². The standard InChI is InChI=1S/C18H26N6OS/c1-14(2)13-24-18(19-20-21-24)26-15(3)17(25)23-11-9-22(10-12-23)16-7-5-4-6-8-16/h4-8,14-15H,9-13H2,1-3H3/t15-/m0/s1. The number of para-hydroxylation sites is 1. The Hall–Kier alpha value is -2.09. The number of hydrogen-bond donors (Lipinski definition) is 0. The van der Waals surface area contributed by atoms with Crippen molar-refractivity contribution in [2.75, 3.05) is 31.1 Å². The number of hydrogen-bond acceptors (Lipinski definition) is 6. The molecule has 3 rings (SSSR count). The van der Waals surface area contributed by atoms with Crippen molar-refractivity contribution in [3.63, 3.8) is 0 Å². The Morgan fingerprint density at radius 3 is 2.46 bits per heavy atom. The van der Waals surface area contributed by atoms with E-state index in [0.29, 0.717) is 11.1 Å². The van der Waals surface area contributed by atoms with Gasteiger partial charge < -0.3 is 9.80 Å². The second-order valence-corrected chi connectivity index (χ2v) is 8.25. The minimum absolute atomic E-state index is 0.154. The van der Waals surface area contributed by atoms with E-state index >= 15 is 0 Å². The molecule has 1 fully saturated rings. The van der Waals surface area contributed by atoms with E-state index in [4.69, 9.17) is 0 Å². The topological polar surface area (TPSA) is 67.2 Å². The van der Waals surface area contributed by atoms with E-state index in [1.165, 1.54) is 17.4 Å². The number of thioether (sulfide) groups is 1. The Labute approximate surface area is 158 Å². The first-order valence-corrected chi connectivity index (χ1v) is 9.94. The molecule has 0 spiro atoms. The maximum atomic E-state index is 12.8. The van der Waals surface area contributed by atoms with Crippen LogP contribution in [0.25, 0.3) is 0 Å². The monoisotopic (exact) mass is 374 g/mol. The SMILES string of the molecule is CC(C)Cn1nnnc1S[C@@H](C)C(=O)N1CCN(c2ccccc2)CC1. The molecule has 2 heterocycles. The Kier molecular flexibility index (Phi) is 6.13. The molecule has 1 aliphatic rings. The van der Waals surface area contributed by atoms with Gasteiger partial charge in [0.05, 0.1) is 5.25 Å². The van der Waals surface area contributed by atoms with Gasteiger partial charge in [-0.2, -0.15) is 0 Å². The lowest BCUT2D eigenvalue weighted by molar-refractivity contribution is -0.130. The molecular weight excluding hydrogens is 348 g/mol. The molecule has 26 heavy (non-hydrogen) atoms. The van der Waals surface area contributed by atoms with Gasteiger partial charge >= 0.3 is 0 Å². The van der Waals surface area contributed by atoms with Gasteiger partial charge in [-0.15, -0.1) is 5.10 Å². The fourth-order valence-electron chi connectivity index (χ4n) is 3.03. The van der Waals surface area contributed by atoms with Crippen LogP contribution in [0.4, 0.5) is 5.69 Å². The first kappa shape index (κ1) is 18.7. The molecule has 1 aromatic carbocycles. The van der Waals surface area contributed by atoms with Crippen molar-refractivity contribution < 1.29 is 4.79 Å². The molecule has 0 N–H and O–H groups in total. The molecule has 1 aliphatic heterocycles. The molecule has 0 saturated carbocycles. The summed E-state index contributed by atoms with van der Waals surface area (Å²) in [5.74, 6) is 0.608. The van der Waals surface area contributed by atoms with Gasteiger partial charge in [-0.25, -0.2) is 4.68 Å². The molecular formula is C18H26N6OS. The van der Waals surface area contributed by atoms with Gasteiger partial charge in [-0.1, -0.05) is 43.8 Å². The summed E-state index contributed by atoms with van der Waals surface area (Å²) in [6, 6.07) is 10.4. The van der Waals surface area contributed by atoms with Crippen LogP contribution in [0, 0.1) is 5.92 Å². The highest BCUT2D eigenvalue weighted by molar-refractivity contribution is 8.00. The average Bonchev–Trinajstić information content (AvgIpc) is 3.08. The zero-order chi connectivity index (χ0) is 18.5. The molecule has 0 bridgehead atoms. The predicted molar refractivity (Wildman–Crippen MR) is 103 cm³/mol. The summed E-state index contributed by atoms with van der Waals surface area (Å²) in [5.41, 5.74) is 1.22. The maximum absolute atomic E-state index is 12.8. The lowest BCUT2D eigenvalue weighted by Crippen LogP contribution is -2.50. The molecule has 0 radical (unpaired) electrons. The number of anilines is 1. The molecule has 0 unspecified atom stereocenters. The van der Waals surface area contributed by atoms with Crippen molar-refractivity contribution in [2.45, 2.75) is 37.7 Å². The van der Waals surface area contributed by atoms with Crippen LogP contribution in [0.2, 0.25) is 0 Å².